The van der Waals surface area contributed by atoms with Gasteiger partial charge in [-0.15, -0.1) is 0 Å². The van der Waals surface area contributed by atoms with Crippen LogP contribution >= 0.6 is 0 Å². The predicted molar refractivity (Wildman–Crippen MR) is 283 cm³/mol. The van der Waals surface area contributed by atoms with Crippen LogP contribution in [0.25, 0.3) is 122 Å². The van der Waals surface area contributed by atoms with E-state index in [-0.39, 0.29) is 5.92 Å². The van der Waals surface area contributed by atoms with Gasteiger partial charge in [0.1, 0.15) is 17.0 Å². The Morgan fingerprint density at radius 2 is 0.957 bits per heavy atom. The first kappa shape index (κ1) is 39.1. The molecule has 0 N–H and O–H groups in total. The van der Waals surface area contributed by atoms with E-state index in [9.17, 15) is 0 Å². The van der Waals surface area contributed by atoms with Crippen LogP contribution in [-0.2, 0) is 0 Å². The summed E-state index contributed by atoms with van der Waals surface area (Å²) in [4.78, 5) is 15.9. The van der Waals surface area contributed by atoms with E-state index in [4.69, 9.17) is 19.4 Å². The molecule has 0 spiro atoms. The van der Waals surface area contributed by atoms with Crippen LogP contribution in [0.15, 0.2) is 235 Å². The highest BCUT2D eigenvalue weighted by Gasteiger charge is 2.26. The van der Waals surface area contributed by atoms with Crippen molar-refractivity contribution >= 4 is 65.6 Å². The first-order valence-electron chi connectivity index (χ1n) is 23.5. The van der Waals surface area contributed by atoms with Crippen molar-refractivity contribution < 1.29 is 4.42 Å². The van der Waals surface area contributed by atoms with E-state index in [1.54, 1.807) is 0 Å². The number of benzene rings is 9. The number of para-hydroxylation sites is 4. The summed E-state index contributed by atoms with van der Waals surface area (Å²) in [6.45, 7) is 0. The summed E-state index contributed by atoms with van der Waals surface area (Å²) in [5, 5.41) is 7.02. The number of furan rings is 1. The van der Waals surface area contributed by atoms with Crippen LogP contribution in [0.4, 0.5) is 0 Å². The van der Waals surface area contributed by atoms with Gasteiger partial charge in [0.2, 0.25) is 0 Å². The van der Waals surface area contributed by atoms with Crippen LogP contribution in [0.2, 0.25) is 0 Å². The molecule has 0 saturated carbocycles. The predicted octanol–water partition coefficient (Wildman–Crippen LogP) is 16.2. The molecule has 4 aromatic heterocycles. The number of hydrogen-bond acceptors (Lipinski definition) is 4. The van der Waals surface area contributed by atoms with Gasteiger partial charge in [-0.2, -0.15) is 0 Å². The fourth-order valence-corrected chi connectivity index (χ4v) is 10.7. The summed E-state index contributed by atoms with van der Waals surface area (Å²) in [5.41, 5.74) is 14.5. The minimum Gasteiger partial charge on any atom is -0.456 e. The lowest BCUT2D eigenvalue weighted by Crippen LogP contribution is -2.08. The van der Waals surface area contributed by atoms with Crippen molar-refractivity contribution in [3.8, 4) is 56.4 Å². The Morgan fingerprint density at radius 1 is 0.406 bits per heavy atom. The third-order valence-electron chi connectivity index (χ3n) is 13.8. The molecule has 14 rings (SSSR count). The average molecular weight is 884 g/mol. The van der Waals surface area contributed by atoms with Crippen LogP contribution in [0.1, 0.15) is 18.2 Å². The Kier molecular flexibility index (Phi) is 8.92. The summed E-state index contributed by atoms with van der Waals surface area (Å²) in [6.07, 6.45) is 9.36. The quantitative estimate of drug-likeness (QED) is 0.160. The van der Waals surface area contributed by atoms with E-state index in [1.165, 1.54) is 32.6 Å². The van der Waals surface area contributed by atoms with Gasteiger partial charge < -0.3 is 13.6 Å². The molecule has 1 atom stereocenters. The van der Waals surface area contributed by atoms with Gasteiger partial charge in [-0.1, -0.05) is 164 Å². The second-order valence-corrected chi connectivity index (χ2v) is 17.9. The second-order valence-electron chi connectivity index (χ2n) is 17.9. The highest BCUT2D eigenvalue weighted by Crippen LogP contribution is 2.47. The van der Waals surface area contributed by atoms with Gasteiger partial charge in [0.15, 0.2) is 11.6 Å². The van der Waals surface area contributed by atoms with E-state index >= 15 is 0 Å². The van der Waals surface area contributed by atoms with Crippen LogP contribution in [0.3, 0.4) is 0 Å². The third kappa shape index (κ3) is 6.30. The molecule has 0 fully saturated rings. The molecule has 0 saturated heterocycles. The van der Waals surface area contributed by atoms with Crippen molar-refractivity contribution in [2.75, 3.05) is 0 Å². The maximum absolute atomic E-state index is 6.39. The molecule has 9 aromatic carbocycles. The second kappa shape index (κ2) is 15.8. The van der Waals surface area contributed by atoms with E-state index in [2.05, 4.69) is 221 Å². The van der Waals surface area contributed by atoms with Crippen LogP contribution < -0.4 is 0 Å². The molecular weight excluding hydrogens is 843 g/mol. The van der Waals surface area contributed by atoms with Gasteiger partial charge in [0.25, 0.3) is 0 Å². The van der Waals surface area contributed by atoms with Crippen LogP contribution in [0.5, 0.6) is 0 Å². The van der Waals surface area contributed by atoms with Gasteiger partial charge in [0.05, 0.1) is 27.8 Å². The SMILES string of the molecule is C1=CCC(c2nc(-c3cc(-c4ccccc4)c(-n4c5ccccc5c5c6c7ccccc7n(-c7ccccc7)c6ccc54)c(-c4ccccc4)c3)nc(-c3ccc4c(c3)oc3ccccc34)n2)C=C1. The molecule has 1 unspecified atom stereocenters. The zero-order valence-corrected chi connectivity index (χ0v) is 37.4. The Bertz CT molecular complexity index is 4160. The minimum absolute atomic E-state index is 0.00540. The van der Waals surface area contributed by atoms with Crippen molar-refractivity contribution in [2.45, 2.75) is 12.3 Å². The first-order chi connectivity index (χ1) is 34.2. The van der Waals surface area contributed by atoms with E-state index < -0.39 is 0 Å². The Morgan fingerprint density at radius 3 is 1.61 bits per heavy atom. The summed E-state index contributed by atoms with van der Waals surface area (Å²) in [5.74, 6) is 1.94. The van der Waals surface area contributed by atoms with E-state index in [0.29, 0.717) is 11.6 Å². The molecule has 0 amide bonds. The van der Waals surface area contributed by atoms with Gasteiger partial charge in [-0.25, -0.2) is 15.0 Å². The third-order valence-corrected chi connectivity index (χ3v) is 13.8. The highest BCUT2D eigenvalue weighted by molar-refractivity contribution is 6.29. The summed E-state index contributed by atoms with van der Waals surface area (Å²) in [7, 11) is 0. The van der Waals surface area contributed by atoms with Crippen LogP contribution in [-0.4, -0.2) is 24.1 Å². The molecule has 1 aliphatic rings. The molecule has 6 heteroatoms. The molecule has 4 heterocycles. The standard InChI is InChI=1S/C63H41N5O/c1-5-19-40(20-6-1)50-37-44(63-65-61(42-23-9-3-10-24-42)64-62(66-63)43-33-34-47-46-27-15-18-32-56(46)69-57(47)39-43)38-51(41-21-7-2-8-22-41)60(50)68-53-31-17-14-29-49(53)59-55(68)36-35-54-58(59)48-28-13-16-30-52(48)67(54)45-25-11-4-12-26-45/h1-23,25-39,42H,24H2. The largest absolute Gasteiger partial charge is 0.456 e. The highest BCUT2D eigenvalue weighted by atomic mass is 16.3. The van der Waals surface area contributed by atoms with Crippen molar-refractivity contribution in [3.05, 3.63) is 236 Å². The molecular formula is C63H41N5O. The molecule has 0 bridgehead atoms. The van der Waals surface area contributed by atoms with Crippen molar-refractivity contribution in [2.24, 2.45) is 0 Å². The number of fused-ring (bicyclic) bond motifs is 10. The summed E-state index contributed by atoms with van der Waals surface area (Å²) < 4.78 is 11.3. The normalized spacial score (nSPS) is 13.8. The number of allylic oxidation sites excluding steroid dienone is 4. The van der Waals surface area contributed by atoms with Crippen molar-refractivity contribution in [1.82, 2.24) is 24.1 Å². The van der Waals surface area contributed by atoms with E-state index in [0.717, 1.165) is 90.0 Å². The van der Waals surface area contributed by atoms with Gasteiger partial charge in [-0.05, 0) is 84.3 Å². The molecule has 69 heavy (non-hydrogen) atoms. The monoisotopic (exact) mass is 883 g/mol. The topological polar surface area (TPSA) is 61.7 Å². The molecule has 0 aliphatic heterocycles. The maximum atomic E-state index is 6.39. The smallest absolute Gasteiger partial charge is 0.163 e. The minimum atomic E-state index is -0.00540. The maximum Gasteiger partial charge on any atom is 0.163 e. The fourth-order valence-electron chi connectivity index (χ4n) is 10.7. The lowest BCUT2D eigenvalue weighted by atomic mass is 9.92. The molecule has 6 nitrogen and oxygen atoms in total. The molecule has 1 aliphatic carbocycles. The Labute approximate surface area is 397 Å². The van der Waals surface area contributed by atoms with E-state index in [1.807, 2.05) is 18.2 Å². The van der Waals surface area contributed by atoms with Gasteiger partial charge >= 0.3 is 0 Å². The fraction of sp³-hybridized carbons (Fsp3) is 0.0317. The molecule has 0 radical (unpaired) electrons. The van der Waals surface area contributed by atoms with Gasteiger partial charge in [-0.3, -0.25) is 0 Å². The average Bonchev–Trinajstić information content (AvgIpc) is 4.09. The Balaban J connectivity index is 1.06. The number of hydrogen-bond donors (Lipinski definition) is 0. The number of aromatic nitrogens is 5. The van der Waals surface area contributed by atoms with Crippen LogP contribution in [0, 0.1) is 0 Å². The van der Waals surface area contributed by atoms with Gasteiger partial charge in [0, 0.05) is 66.2 Å². The van der Waals surface area contributed by atoms with Crippen molar-refractivity contribution in [3.63, 3.8) is 0 Å². The lowest BCUT2D eigenvalue weighted by molar-refractivity contribution is 0.669. The summed E-state index contributed by atoms with van der Waals surface area (Å²) in [6, 6.07) is 73.6. The first-order valence-corrected chi connectivity index (χ1v) is 23.5. The number of nitrogens with zero attached hydrogens (tertiary/aromatic N) is 5. The zero-order valence-electron chi connectivity index (χ0n) is 37.4. The number of rotatable bonds is 7. The lowest BCUT2D eigenvalue weighted by Gasteiger charge is -2.21. The van der Waals surface area contributed by atoms with Crippen molar-refractivity contribution in [1.29, 1.82) is 0 Å². The molecule has 13 aromatic rings. The Hall–Kier alpha value is -9.13. The summed E-state index contributed by atoms with van der Waals surface area (Å²) >= 11 is 0. The molecule has 324 valence electrons. The zero-order chi connectivity index (χ0) is 45.4.